The van der Waals surface area contributed by atoms with E-state index in [9.17, 15) is 4.39 Å². The quantitative estimate of drug-likeness (QED) is 0.842. The van der Waals surface area contributed by atoms with Crippen molar-refractivity contribution in [2.24, 2.45) is 5.73 Å². The van der Waals surface area contributed by atoms with Crippen molar-refractivity contribution in [3.05, 3.63) is 28.5 Å². The zero-order valence-corrected chi connectivity index (χ0v) is 12.7. The molecule has 2 rings (SSSR count). The molecule has 0 aliphatic carbocycles. The summed E-state index contributed by atoms with van der Waals surface area (Å²) in [6.45, 7) is 5.65. The number of nitrogens with two attached hydrogens (primary N) is 1. The predicted octanol–water partition coefficient (Wildman–Crippen LogP) is 2.45. The third kappa shape index (κ3) is 4.16. The molecule has 0 saturated carbocycles. The van der Waals surface area contributed by atoms with E-state index in [1.807, 2.05) is 12.1 Å². The monoisotopic (exact) mass is 329 g/mol. The average Bonchev–Trinajstić information content (AvgIpc) is 2.40. The first-order chi connectivity index (χ1) is 9.20. The van der Waals surface area contributed by atoms with Crippen LogP contribution in [0.5, 0.6) is 0 Å². The number of unbranched alkanes of at least 4 members (excludes halogenated alkanes) is 1. The van der Waals surface area contributed by atoms with Crippen molar-refractivity contribution in [2.45, 2.75) is 12.8 Å². The number of piperazine rings is 1. The lowest BCUT2D eigenvalue weighted by Crippen LogP contribution is -2.47. The van der Waals surface area contributed by atoms with Crippen molar-refractivity contribution in [3.63, 3.8) is 0 Å². The Kier molecular flexibility index (Phi) is 5.60. The number of halogens is 2. The summed E-state index contributed by atoms with van der Waals surface area (Å²) in [5, 5.41) is 0. The molecule has 3 nitrogen and oxygen atoms in total. The lowest BCUT2D eigenvalue weighted by molar-refractivity contribution is 0.253. The molecule has 106 valence electrons. The molecule has 1 saturated heterocycles. The van der Waals surface area contributed by atoms with Gasteiger partial charge in [0, 0.05) is 30.7 Å². The first-order valence-corrected chi connectivity index (χ1v) is 7.62. The first kappa shape index (κ1) is 14.8. The van der Waals surface area contributed by atoms with Gasteiger partial charge in [-0.2, -0.15) is 0 Å². The van der Waals surface area contributed by atoms with Crippen molar-refractivity contribution >= 4 is 21.6 Å². The lowest BCUT2D eigenvalue weighted by atomic mass is 10.2. The number of nitrogens with zero attached hydrogens (tertiary/aromatic N) is 2. The Morgan fingerprint density at radius 1 is 1.16 bits per heavy atom. The van der Waals surface area contributed by atoms with Gasteiger partial charge in [-0.15, -0.1) is 0 Å². The zero-order chi connectivity index (χ0) is 13.7. The molecule has 1 aromatic rings. The molecule has 1 aliphatic heterocycles. The molecule has 0 aromatic heterocycles. The molecule has 0 spiro atoms. The molecular weight excluding hydrogens is 309 g/mol. The maximum atomic E-state index is 13.9. The van der Waals surface area contributed by atoms with E-state index in [2.05, 4.69) is 25.7 Å². The number of rotatable bonds is 5. The highest BCUT2D eigenvalue weighted by Crippen LogP contribution is 2.24. The summed E-state index contributed by atoms with van der Waals surface area (Å²) in [4.78, 5) is 4.56. The lowest BCUT2D eigenvalue weighted by Gasteiger charge is -2.36. The second kappa shape index (κ2) is 7.22. The van der Waals surface area contributed by atoms with Crippen LogP contribution in [-0.2, 0) is 0 Å². The van der Waals surface area contributed by atoms with Gasteiger partial charge in [0.1, 0.15) is 5.82 Å². The van der Waals surface area contributed by atoms with Gasteiger partial charge in [0.25, 0.3) is 0 Å². The van der Waals surface area contributed by atoms with Gasteiger partial charge in [-0.3, -0.25) is 4.90 Å². The third-order valence-electron chi connectivity index (χ3n) is 3.55. The Bertz CT molecular complexity index is 406. The van der Waals surface area contributed by atoms with Gasteiger partial charge >= 0.3 is 0 Å². The largest absolute Gasteiger partial charge is 0.367 e. The molecule has 2 N–H and O–H groups in total. The highest BCUT2D eigenvalue weighted by molar-refractivity contribution is 9.10. The van der Waals surface area contributed by atoms with Gasteiger partial charge in [0.15, 0.2) is 0 Å². The molecule has 5 heteroatoms. The van der Waals surface area contributed by atoms with Crippen molar-refractivity contribution in [1.82, 2.24) is 4.90 Å². The van der Waals surface area contributed by atoms with E-state index in [1.54, 1.807) is 0 Å². The first-order valence-electron chi connectivity index (χ1n) is 6.83. The predicted molar refractivity (Wildman–Crippen MR) is 81.0 cm³/mol. The second-order valence-corrected chi connectivity index (χ2v) is 5.84. The van der Waals surface area contributed by atoms with E-state index in [1.165, 1.54) is 6.07 Å². The summed E-state index contributed by atoms with van der Waals surface area (Å²) in [7, 11) is 0. The summed E-state index contributed by atoms with van der Waals surface area (Å²) in [6.07, 6.45) is 2.24. The summed E-state index contributed by atoms with van der Waals surface area (Å²) in [5.41, 5.74) is 6.21. The van der Waals surface area contributed by atoms with Gasteiger partial charge < -0.3 is 10.6 Å². The van der Waals surface area contributed by atoms with Crippen LogP contribution in [0.2, 0.25) is 0 Å². The Labute approximate surface area is 122 Å². The van der Waals surface area contributed by atoms with Crippen LogP contribution in [0.1, 0.15) is 12.8 Å². The highest BCUT2D eigenvalue weighted by Gasteiger charge is 2.18. The summed E-state index contributed by atoms with van der Waals surface area (Å²) < 4.78 is 14.7. The number of benzene rings is 1. The van der Waals surface area contributed by atoms with Crippen molar-refractivity contribution in [2.75, 3.05) is 44.2 Å². The Morgan fingerprint density at radius 2 is 1.89 bits per heavy atom. The molecule has 0 bridgehead atoms. The second-order valence-electron chi connectivity index (χ2n) is 4.92. The fourth-order valence-corrected chi connectivity index (χ4v) is 2.76. The highest BCUT2D eigenvalue weighted by atomic mass is 79.9. The van der Waals surface area contributed by atoms with Gasteiger partial charge in [0.05, 0.1) is 5.69 Å². The van der Waals surface area contributed by atoms with Crippen LogP contribution in [-0.4, -0.2) is 44.2 Å². The van der Waals surface area contributed by atoms with Gasteiger partial charge in [0.2, 0.25) is 0 Å². The van der Waals surface area contributed by atoms with Crippen molar-refractivity contribution < 1.29 is 4.39 Å². The summed E-state index contributed by atoms with van der Waals surface area (Å²) >= 11 is 3.29. The normalized spacial score (nSPS) is 16.9. The summed E-state index contributed by atoms with van der Waals surface area (Å²) in [6, 6.07) is 5.28. The fourth-order valence-electron chi connectivity index (χ4n) is 2.43. The molecular formula is C14H21BrFN3. The molecule has 1 heterocycles. The summed E-state index contributed by atoms with van der Waals surface area (Å²) in [5.74, 6) is -0.147. The van der Waals surface area contributed by atoms with Crippen LogP contribution in [0, 0.1) is 5.82 Å². The number of hydrogen-bond donors (Lipinski definition) is 1. The SMILES string of the molecule is NCCCCN1CCN(c2ccc(Br)cc2F)CC1. The van der Waals surface area contributed by atoms with E-state index in [0.717, 1.165) is 56.6 Å². The third-order valence-corrected chi connectivity index (χ3v) is 4.04. The van der Waals surface area contributed by atoms with Crippen LogP contribution in [0.3, 0.4) is 0 Å². The van der Waals surface area contributed by atoms with Crippen molar-refractivity contribution in [1.29, 1.82) is 0 Å². The standard InChI is InChI=1S/C14H21BrFN3/c15-12-3-4-14(13(16)11-12)19-9-7-18(8-10-19)6-2-1-5-17/h3-4,11H,1-2,5-10,17H2. The average molecular weight is 330 g/mol. The van der Waals surface area contributed by atoms with E-state index in [-0.39, 0.29) is 5.82 Å². The molecule has 1 aromatic carbocycles. The van der Waals surface area contributed by atoms with Crippen LogP contribution >= 0.6 is 15.9 Å². The molecule has 1 aliphatic rings. The molecule has 19 heavy (non-hydrogen) atoms. The van der Waals surface area contributed by atoms with Gasteiger partial charge in [-0.25, -0.2) is 4.39 Å². The minimum atomic E-state index is -0.147. The fraction of sp³-hybridized carbons (Fsp3) is 0.571. The Balaban J connectivity index is 1.85. The van der Waals surface area contributed by atoms with Crippen LogP contribution in [0.25, 0.3) is 0 Å². The zero-order valence-electron chi connectivity index (χ0n) is 11.1. The molecule has 0 atom stereocenters. The van der Waals surface area contributed by atoms with Crippen molar-refractivity contribution in [3.8, 4) is 0 Å². The molecule has 0 radical (unpaired) electrons. The van der Waals surface area contributed by atoms with E-state index >= 15 is 0 Å². The minimum absolute atomic E-state index is 0.147. The maximum Gasteiger partial charge on any atom is 0.147 e. The van der Waals surface area contributed by atoms with E-state index in [0.29, 0.717) is 5.69 Å². The van der Waals surface area contributed by atoms with Gasteiger partial charge in [-0.05, 0) is 44.1 Å². The Hall–Kier alpha value is -0.650. The van der Waals surface area contributed by atoms with E-state index < -0.39 is 0 Å². The smallest absolute Gasteiger partial charge is 0.147 e. The van der Waals surface area contributed by atoms with Crippen LogP contribution in [0.15, 0.2) is 22.7 Å². The Morgan fingerprint density at radius 3 is 2.53 bits per heavy atom. The number of anilines is 1. The van der Waals surface area contributed by atoms with Crippen LogP contribution < -0.4 is 10.6 Å². The van der Waals surface area contributed by atoms with Crippen LogP contribution in [0.4, 0.5) is 10.1 Å². The molecule has 1 fully saturated rings. The number of hydrogen-bond acceptors (Lipinski definition) is 3. The molecule has 0 unspecified atom stereocenters. The maximum absolute atomic E-state index is 13.9. The minimum Gasteiger partial charge on any atom is -0.367 e. The molecule has 0 amide bonds. The van der Waals surface area contributed by atoms with Gasteiger partial charge in [-0.1, -0.05) is 15.9 Å². The topological polar surface area (TPSA) is 32.5 Å². The van der Waals surface area contributed by atoms with E-state index in [4.69, 9.17) is 5.73 Å².